The molecule has 1 unspecified atom stereocenters. The first-order valence-electron chi connectivity index (χ1n) is 7.79. The van der Waals surface area contributed by atoms with Crippen molar-refractivity contribution in [2.75, 3.05) is 24.7 Å². The second-order valence-electron chi connectivity index (χ2n) is 5.79. The van der Waals surface area contributed by atoms with E-state index in [0.29, 0.717) is 18.0 Å². The van der Waals surface area contributed by atoms with E-state index in [9.17, 15) is 4.39 Å². The van der Waals surface area contributed by atoms with Crippen molar-refractivity contribution in [3.63, 3.8) is 0 Å². The number of aromatic nitrogens is 1. The van der Waals surface area contributed by atoms with Gasteiger partial charge in [0.05, 0.1) is 18.5 Å². The number of anilines is 2. The molecule has 4 nitrogen and oxygen atoms in total. The third-order valence-electron chi connectivity index (χ3n) is 4.19. The molecule has 2 aromatic carbocycles. The van der Waals surface area contributed by atoms with Crippen molar-refractivity contribution in [1.29, 1.82) is 0 Å². The first kappa shape index (κ1) is 16.1. The van der Waals surface area contributed by atoms with Crippen LogP contribution in [0, 0.1) is 5.82 Å². The highest BCUT2D eigenvalue weighted by molar-refractivity contribution is 5.98. The summed E-state index contributed by atoms with van der Waals surface area (Å²) in [5, 5.41) is 5.31. The summed E-state index contributed by atoms with van der Waals surface area (Å²) in [5.74, 6) is 0.468. The van der Waals surface area contributed by atoms with Crippen LogP contribution in [-0.4, -0.2) is 18.6 Å². The molecule has 0 fully saturated rings. The predicted molar refractivity (Wildman–Crippen MR) is 96.0 cm³/mol. The molecule has 1 aromatic heterocycles. The lowest BCUT2D eigenvalue weighted by atomic mass is 9.99. The third kappa shape index (κ3) is 3.11. The molecule has 0 aliphatic carbocycles. The minimum Gasteiger partial charge on any atom is -0.496 e. The Kier molecular flexibility index (Phi) is 4.51. The Hall–Kier alpha value is -2.82. The smallest absolute Gasteiger partial charge is 0.123 e. The lowest BCUT2D eigenvalue weighted by molar-refractivity contribution is 0.405. The van der Waals surface area contributed by atoms with Crippen molar-refractivity contribution >= 4 is 22.1 Å². The van der Waals surface area contributed by atoms with Crippen molar-refractivity contribution in [1.82, 2.24) is 4.98 Å². The standard InChI is InChI=1S/C19H20FN3O/c1-12(15-9-14(20)4-6-18(15)24-2)10-23-17-5-3-13-7-8-22-11-16(13)19(17)21/h3-9,11-12,23H,10,21H2,1-2H3. The third-order valence-corrected chi connectivity index (χ3v) is 4.19. The van der Waals surface area contributed by atoms with Crippen LogP contribution in [-0.2, 0) is 0 Å². The number of hydrogen-bond acceptors (Lipinski definition) is 4. The van der Waals surface area contributed by atoms with E-state index in [4.69, 9.17) is 10.5 Å². The van der Waals surface area contributed by atoms with Gasteiger partial charge >= 0.3 is 0 Å². The number of benzene rings is 2. The van der Waals surface area contributed by atoms with Crippen molar-refractivity contribution in [3.05, 3.63) is 60.2 Å². The van der Waals surface area contributed by atoms with Gasteiger partial charge in [0.1, 0.15) is 11.6 Å². The fourth-order valence-corrected chi connectivity index (χ4v) is 2.80. The largest absolute Gasteiger partial charge is 0.496 e. The van der Waals surface area contributed by atoms with Crippen LogP contribution in [0.25, 0.3) is 10.8 Å². The van der Waals surface area contributed by atoms with Gasteiger partial charge < -0.3 is 15.8 Å². The van der Waals surface area contributed by atoms with Gasteiger partial charge in [-0.05, 0) is 35.7 Å². The zero-order valence-corrected chi connectivity index (χ0v) is 13.7. The van der Waals surface area contributed by atoms with Crippen LogP contribution in [0.1, 0.15) is 18.4 Å². The van der Waals surface area contributed by atoms with E-state index in [1.54, 1.807) is 25.6 Å². The van der Waals surface area contributed by atoms with E-state index >= 15 is 0 Å². The molecule has 0 aliphatic rings. The first-order chi connectivity index (χ1) is 11.6. The summed E-state index contributed by atoms with van der Waals surface area (Å²) in [4.78, 5) is 4.12. The molecule has 124 valence electrons. The Bertz CT molecular complexity index is 866. The number of ether oxygens (including phenoxy) is 1. The van der Waals surface area contributed by atoms with Crippen LogP contribution in [0.15, 0.2) is 48.8 Å². The first-order valence-corrected chi connectivity index (χ1v) is 7.79. The number of nitrogens with two attached hydrogens (primary N) is 1. The minimum atomic E-state index is -0.269. The maximum absolute atomic E-state index is 13.5. The number of rotatable bonds is 5. The van der Waals surface area contributed by atoms with Gasteiger partial charge in [-0.3, -0.25) is 4.98 Å². The molecule has 0 bridgehead atoms. The molecule has 0 saturated carbocycles. The van der Waals surface area contributed by atoms with Gasteiger partial charge in [-0.25, -0.2) is 4.39 Å². The molecule has 0 saturated heterocycles. The molecule has 0 spiro atoms. The molecular weight excluding hydrogens is 305 g/mol. The van der Waals surface area contributed by atoms with Crippen molar-refractivity contribution in [3.8, 4) is 5.75 Å². The van der Waals surface area contributed by atoms with Crippen LogP contribution in [0.4, 0.5) is 15.8 Å². The maximum atomic E-state index is 13.5. The minimum absolute atomic E-state index is 0.0552. The Morgan fingerprint density at radius 3 is 2.88 bits per heavy atom. The number of nitrogens with one attached hydrogen (secondary N) is 1. The molecule has 3 aromatic rings. The van der Waals surface area contributed by atoms with E-state index in [0.717, 1.165) is 22.0 Å². The van der Waals surface area contributed by atoms with E-state index in [-0.39, 0.29) is 11.7 Å². The van der Waals surface area contributed by atoms with Crippen LogP contribution in [0.3, 0.4) is 0 Å². The molecule has 5 heteroatoms. The van der Waals surface area contributed by atoms with E-state index in [1.165, 1.54) is 12.1 Å². The number of pyridine rings is 1. The molecule has 0 aliphatic heterocycles. The second kappa shape index (κ2) is 6.74. The summed E-state index contributed by atoms with van der Waals surface area (Å²) in [6.07, 6.45) is 3.50. The number of hydrogen-bond donors (Lipinski definition) is 2. The average Bonchev–Trinajstić information content (AvgIpc) is 2.61. The number of nitrogens with zero attached hydrogens (tertiary/aromatic N) is 1. The topological polar surface area (TPSA) is 60.2 Å². The van der Waals surface area contributed by atoms with Crippen LogP contribution < -0.4 is 15.8 Å². The van der Waals surface area contributed by atoms with Crippen LogP contribution >= 0.6 is 0 Å². The molecule has 0 radical (unpaired) electrons. The predicted octanol–water partition coefficient (Wildman–Crippen LogP) is 4.18. The molecule has 1 atom stereocenters. The average molecular weight is 325 g/mol. The fraction of sp³-hybridized carbons (Fsp3) is 0.211. The van der Waals surface area contributed by atoms with Gasteiger partial charge in [-0.2, -0.15) is 0 Å². The summed E-state index contributed by atoms with van der Waals surface area (Å²) in [6, 6.07) is 10.4. The summed E-state index contributed by atoms with van der Waals surface area (Å²) in [5.41, 5.74) is 8.57. The number of fused-ring (bicyclic) bond motifs is 1. The number of halogens is 1. The Morgan fingerprint density at radius 2 is 2.08 bits per heavy atom. The normalized spacial score (nSPS) is 12.1. The SMILES string of the molecule is COc1ccc(F)cc1C(C)CNc1ccc2ccncc2c1N. The Morgan fingerprint density at radius 1 is 1.25 bits per heavy atom. The van der Waals surface area contributed by atoms with Gasteiger partial charge in [0.25, 0.3) is 0 Å². The number of nitrogen functional groups attached to an aromatic ring is 1. The molecule has 3 N–H and O–H groups in total. The zero-order chi connectivity index (χ0) is 17.1. The van der Waals surface area contributed by atoms with Gasteiger partial charge in [-0.1, -0.05) is 13.0 Å². The van der Waals surface area contributed by atoms with E-state index < -0.39 is 0 Å². The summed E-state index contributed by atoms with van der Waals surface area (Å²) in [6.45, 7) is 2.62. The van der Waals surface area contributed by atoms with E-state index in [2.05, 4.69) is 10.3 Å². The Balaban J connectivity index is 1.81. The molecule has 24 heavy (non-hydrogen) atoms. The van der Waals surface area contributed by atoms with Gasteiger partial charge in [0.15, 0.2) is 0 Å². The molecular formula is C19H20FN3O. The van der Waals surface area contributed by atoms with E-state index in [1.807, 2.05) is 25.1 Å². The summed E-state index contributed by atoms with van der Waals surface area (Å²) >= 11 is 0. The van der Waals surface area contributed by atoms with Crippen molar-refractivity contribution in [2.24, 2.45) is 0 Å². The second-order valence-corrected chi connectivity index (χ2v) is 5.79. The molecule has 3 rings (SSSR count). The summed E-state index contributed by atoms with van der Waals surface area (Å²) in [7, 11) is 1.59. The van der Waals surface area contributed by atoms with Crippen LogP contribution in [0.5, 0.6) is 5.75 Å². The highest BCUT2D eigenvalue weighted by Gasteiger charge is 2.13. The van der Waals surface area contributed by atoms with Crippen LogP contribution in [0.2, 0.25) is 0 Å². The fourth-order valence-electron chi connectivity index (χ4n) is 2.80. The molecule has 1 heterocycles. The lowest BCUT2D eigenvalue weighted by Crippen LogP contribution is -2.12. The van der Waals surface area contributed by atoms with Gasteiger partial charge in [0, 0.05) is 35.8 Å². The lowest BCUT2D eigenvalue weighted by Gasteiger charge is -2.18. The highest BCUT2D eigenvalue weighted by atomic mass is 19.1. The highest BCUT2D eigenvalue weighted by Crippen LogP contribution is 2.31. The summed E-state index contributed by atoms with van der Waals surface area (Å²) < 4.78 is 18.9. The van der Waals surface area contributed by atoms with Crippen molar-refractivity contribution in [2.45, 2.75) is 12.8 Å². The zero-order valence-electron chi connectivity index (χ0n) is 13.7. The van der Waals surface area contributed by atoms with Gasteiger partial charge in [-0.15, -0.1) is 0 Å². The number of methoxy groups -OCH3 is 1. The molecule has 0 amide bonds. The monoisotopic (exact) mass is 325 g/mol. The maximum Gasteiger partial charge on any atom is 0.123 e. The van der Waals surface area contributed by atoms with Gasteiger partial charge in [0.2, 0.25) is 0 Å². The van der Waals surface area contributed by atoms with Crippen molar-refractivity contribution < 1.29 is 9.13 Å². The Labute approximate surface area is 140 Å². The quantitative estimate of drug-likeness (QED) is 0.691.